The quantitative estimate of drug-likeness (QED) is 0.703. The summed E-state index contributed by atoms with van der Waals surface area (Å²) >= 11 is 0. The van der Waals surface area contributed by atoms with Gasteiger partial charge in [0.25, 0.3) is 0 Å². The van der Waals surface area contributed by atoms with Crippen molar-refractivity contribution in [3.05, 3.63) is 36.8 Å². The van der Waals surface area contributed by atoms with Crippen LogP contribution in [0.1, 0.15) is 10.4 Å². The maximum absolute atomic E-state index is 10.9. The average Bonchev–Trinajstić information content (AvgIpc) is 2.71. The summed E-state index contributed by atoms with van der Waals surface area (Å²) in [5, 5.41) is 13.3. The minimum Gasteiger partial charge on any atom is -0.294 e. The van der Waals surface area contributed by atoms with Crippen molar-refractivity contribution in [3.63, 3.8) is 0 Å². The summed E-state index contributed by atoms with van der Waals surface area (Å²) in [5.74, 6) is -0.0385. The number of hydrogen-bond acceptors (Lipinski definition) is 4. The SMILES string of the molecule is [CH]C(=O)c1cccc(-c2nn[nH]n2)c1. The van der Waals surface area contributed by atoms with Crippen molar-refractivity contribution >= 4 is 5.78 Å². The van der Waals surface area contributed by atoms with Gasteiger partial charge in [-0.05, 0) is 11.3 Å². The highest BCUT2D eigenvalue weighted by Crippen LogP contribution is 2.14. The zero-order chi connectivity index (χ0) is 9.97. The van der Waals surface area contributed by atoms with Crippen LogP contribution < -0.4 is 0 Å². The maximum Gasteiger partial charge on any atom is 0.204 e. The van der Waals surface area contributed by atoms with Crippen molar-refractivity contribution < 1.29 is 4.79 Å². The number of carbonyl (C=O) groups is 1. The third kappa shape index (κ3) is 1.52. The Morgan fingerprint density at radius 1 is 1.43 bits per heavy atom. The molecular weight excluding hydrogens is 180 g/mol. The second kappa shape index (κ2) is 3.37. The van der Waals surface area contributed by atoms with Crippen molar-refractivity contribution in [2.24, 2.45) is 0 Å². The fraction of sp³-hybridized carbons (Fsp3) is 0. The number of rotatable bonds is 2. The molecule has 0 unspecified atom stereocenters. The number of nitrogens with zero attached hydrogens (tertiary/aromatic N) is 3. The smallest absolute Gasteiger partial charge is 0.204 e. The van der Waals surface area contributed by atoms with Gasteiger partial charge in [-0.1, -0.05) is 18.2 Å². The Bertz CT molecular complexity index is 450. The first-order valence-corrected chi connectivity index (χ1v) is 3.91. The van der Waals surface area contributed by atoms with Crippen molar-refractivity contribution in [2.75, 3.05) is 0 Å². The van der Waals surface area contributed by atoms with Crippen LogP contribution in [0.25, 0.3) is 11.4 Å². The average molecular weight is 186 g/mol. The largest absolute Gasteiger partial charge is 0.294 e. The predicted octanol–water partition coefficient (Wildman–Crippen LogP) is 0.760. The molecule has 5 nitrogen and oxygen atoms in total. The van der Waals surface area contributed by atoms with Crippen LogP contribution >= 0.6 is 0 Å². The number of Topliss-reactive ketones (excluding diaryl/α,β-unsaturated/α-hetero) is 1. The third-order valence-electron chi connectivity index (χ3n) is 1.75. The van der Waals surface area contributed by atoms with Gasteiger partial charge in [0.1, 0.15) is 0 Å². The maximum atomic E-state index is 10.9. The van der Waals surface area contributed by atoms with E-state index in [2.05, 4.69) is 20.6 Å². The van der Waals surface area contributed by atoms with E-state index in [9.17, 15) is 4.79 Å². The molecule has 0 spiro atoms. The molecule has 2 aromatic rings. The number of nitrogens with one attached hydrogen (secondary N) is 1. The van der Waals surface area contributed by atoms with Crippen molar-refractivity contribution in [1.82, 2.24) is 20.6 Å². The third-order valence-corrected chi connectivity index (χ3v) is 1.75. The molecule has 1 heterocycles. The Labute approximate surface area is 80.2 Å². The van der Waals surface area contributed by atoms with Crippen molar-refractivity contribution in [1.29, 1.82) is 0 Å². The molecule has 0 fully saturated rings. The molecule has 0 saturated carbocycles. The minimum absolute atomic E-state index is 0.423. The Hall–Kier alpha value is -2.04. The summed E-state index contributed by atoms with van der Waals surface area (Å²) in [6.07, 6.45) is 0. The molecule has 2 radical (unpaired) electrons. The molecular formula is C9H6N4O. The fourth-order valence-electron chi connectivity index (χ4n) is 1.10. The highest BCUT2D eigenvalue weighted by Gasteiger charge is 2.05. The second-order valence-electron chi connectivity index (χ2n) is 2.68. The summed E-state index contributed by atoms with van der Waals surface area (Å²) in [7, 11) is 0. The van der Waals surface area contributed by atoms with Gasteiger partial charge in [0.2, 0.25) is 5.82 Å². The normalized spacial score (nSPS) is 10.1. The van der Waals surface area contributed by atoms with Crippen LogP contribution in [0, 0.1) is 6.92 Å². The molecule has 14 heavy (non-hydrogen) atoms. The Morgan fingerprint density at radius 2 is 2.29 bits per heavy atom. The van der Waals surface area contributed by atoms with Gasteiger partial charge >= 0.3 is 0 Å². The standard InChI is InChI=1S/C9H6N4O/c1-6(14)7-3-2-4-8(5-7)9-10-12-13-11-9/h1-5H,(H,10,11,12,13). The zero-order valence-electron chi connectivity index (χ0n) is 7.14. The lowest BCUT2D eigenvalue weighted by Crippen LogP contribution is -1.92. The Morgan fingerprint density at radius 3 is 2.93 bits per heavy atom. The van der Waals surface area contributed by atoms with E-state index in [0.717, 1.165) is 0 Å². The van der Waals surface area contributed by atoms with Crippen LogP contribution in [0.3, 0.4) is 0 Å². The van der Waals surface area contributed by atoms with Crippen LogP contribution in [0.5, 0.6) is 0 Å². The van der Waals surface area contributed by atoms with Crippen molar-refractivity contribution in [3.8, 4) is 11.4 Å². The number of hydrogen-bond donors (Lipinski definition) is 1. The van der Waals surface area contributed by atoms with Gasteiger partial charge in [-0.25, -0.2) is 0 Å². The number of carbonyl (C=O) groups excluding carboxylic acids is 1. The molecule has 2 rings (SSSR count). The van der Waals surface area contributed by atoms with E-state index in [0.29, 0.717) is 17.0 Å². The summed E-state index contributed by atoms with van der Waals surface area (Å²) in [4.78, 5) is 10.9. The number of ketones is 1. The number of tetrazole rings is 1. The summed E-state index contributed by atoms with van der Waals surface area (Å²) in [6, 6.07) is 6.74. The first-order chi connectivity index (χ1) is 6.77. The number of benzene rings is 1. The van der Waals surface area contributed by atoms with Gasteiger partial charge in [0.15, 0.2) is 5.78 Å². The van der Waals surface area contributed by atoms with Crippen LogP contribution in [0.15, 0.2) is 24.3 Å². The van der Waals surface area contributed by atoms with E-state index in [1.165, 1.54) is 0 Å². The van der Waals surface area contributed by atoms with Gasteiger partial charge in [-0.3, -0.25) is 4.79 Å². The first kappa shape index (κ1) is 8.55. The van der Waals surface area contributed by atoms with Gasteiger partial charge < -0.3 is 0 Å². The van der Waals surface area contributed by atoms with E-state index in [1.807, 2.05) is 0 Å². The molecule has 1 aromatic heterocycles. The molecule has 0 saturated heterocycles. The lowest BCUT2D eigenvalue weighted by atomic mass is 10.1. The molecule has 0 atom stereocenters. The molecule has 68 valence electrons. The summed E-state index contributed by atoms with van der Waals surface area (Å²) < 4.78 is 0. The minimum atomic E-state index is -0.477. The highest BCUT2D eigenvalue weighted by atomic mass is 16.1. The van der Waals surface area contributed by atoms with Gasteiger partial charge in [0, 0.05) is 18.1 Å². The lowest BCUT2D eigenvalue weighted by Gasteiger charge is -1.97. The van der Waals surface area contributed by atoms with Crippen LogP contribution in [-0.2, 0) is 0 Å². The molecule has 0 aliphatic heterocycles. The van der Waals surface area contributed by atoms with Gasteiger partial charge in [-0.15, -0.1) is 10.2 Å². The molecule has 0 aliphatic carbocycles. The number of aromatic amines is 1. The predicted molar refractivity (Wildman–Crippen MR) is 48.2 cm³/mol. The number of aromatic nitrogens is 4. The Kier molecular flexibility index (Phi) is 2.06. The van der Waals surface area contributed by atoms with E-state index >= 15 is 0 Å². The summed E-state index contributed by atoms with van der Waals surface area (Å²) in [5.41, 5.74) is 1.13. The van der Waals surface area contributed by atoms with E-state index in [1.54, 1.807) is 24.3 Å². The first-order valence-electron chi connectivity index (χ1n) is 3.91. The van der Waals surface area contributed by atoms with E-state index in [4.69, 9.17) is 6.92 Å². The van der Waals surface area contributed by atoms with Gasteiger partial charge in [-0.2, -0.15) is 5.21 Å². The zero-order valence-corrected chi connectivity index (χ0v) is 7.14. The van der Waals surface area contributed by atoms with E-state index < -0.39 is 5.78 Å². The van der Waals surface area contributed by atoms with Crippen LogP contribution in [0.2, 0.25) is 0 Å². The molecule has 1 aromatic carbocycles. The number of H-pyrrole nitrogens is 1. The fourth-order valence-corrected chi connectivity index (χ4v) is 1.10. The molecule has 0 amide bonds. The van der Waals surface area contributed by atoms with Crippen LogP contribution in [0.4, 0.5) is 0 Å². The molecule has 0 bridgehead atoms. The molecule has 5 heteroatoms. The second-order valence-corrected chi connectivity index (χ2v) is 2.68. The Balaban J connectivity index is 2.46. The van der Waals surface area contributed by atoms with E-state index in [-0.39, 0.29) is 0 Å². The highest BCUT2D eigenvalue weighted by molar-refractivity contribution is 6.00. The van der Waals surface area contributed by atoms with Crippen molar-refractivity contribution in [2.45, 2.75) is 0 Å². The van der Waals surface area contributed by atoms with Crippen LogP contribution in [-0.4, -0.2) is 26.4 Å². The monoisotopic (exact) mass is 186 g/mol. The molecule has 0 aliphatic rings. The lowest BCUT2D eigenvalue weighted by molar-refractivity contribution is 0.104. The van der Waals surface area contributed by atoms with Gasteiger partial charge in [0.05, 0.1) is 0 Å². The summed E-state index contributed by atoms with van der Waals surface area (Å²) in [6.45, 7) is 5.13. The topological polar surface area (TPSA) is 71.5 Å². The molecule has 1 N–H and O–H groups in total.